The third-order valence-corrected chi connectivity index (χ3v) is 6.23. The van der Waals surface area contributed by atoms with Gasteiger partial charge in [0.05, 0.1) is 26.7 Å². The van der Waals surface area contributed by atoms with Crippen molar-refractivity contribution in [3.63, 3.8) is 0 Å². The predicted octanol–water partition coefficient (Wildman–Crippen LogP) is 3.63. The van der Waals surface area contributed by atoms with E-state index < -0.39 is 9.84 Å². The van der Waals surface area contributed by atoms with Crippen molar-refractivity contribution < 1.29 is 13.2 Å². The summed E-state index contributed by atoms with van der Waals surface area (Å²) in [5.74, 6) is -0.291. The summed E-state index contributed by atoms with van der Waals surface area (Å²) in [6, 6.07) is 12.0. The Bertz CT molecular complexity index is 1030. The minimum atomic E-state index is -3.50. The van der Waals surface area contributed by atoms with E-state index >= 15 is 0 Å². The molecule has 1 heterocycles. The molecular weight excluding hydrogens is 380 g/mol. The monoisotopic (exact) mass is 394 g/mol. The van der Waals surface area contributed by atoms with Gasteiger partial charge in [0, 0.05) is 18.9 Å². The largest absolute Gasteiger partial charge is 0.335 e. The zero-order chi connectivity index (χ0) is 18.2. The maximum Gasteiger partial charge on any atom is 0.254 e. The molecule has 1 aromatic heterocycles. The second-order valence-electron chi connectivity index (χ2n) is 5.65. The molecule has 0 saturated heterocycles. The molecule has 1 amide bonds. The standard InChI is InChI=1S/C17H15ClN2O3S2/c1-20(10-16-19-13-5-3-4-6-14(13)24-16)17(21)11-7-8-12(18)15(9-11)25(2,22)23/h3-9H,10H2,1-2H3. The Labute approximate surface area is 154 Å². The molecule has 130 valence electrons. The van der Waals surface area contributed by atoms with Crippen LogP contribution in [0.15, 0.2) is 47.4 Å². The van der Waals surface area contributed by atoms with E-state index in [2.05, 4.69) is 4.98 Å². The van der Waals surface area contributed by atoms with Gasteiger partial charge >= 0.3 is 0 Å². The molecule has 0 bridgehead atoms. The Morgan fingerprint density at radius 3 is 2.64 bits per heavy atom. The fourth-order valence-corrected chi connectivity index (χ4v) is 4.73. The van der Waals surface area contributed by atoms with Crippen LogP contribution in [-0.4, -0.2) is 37.5 Å². The van der Waals surface area contributed by atoms with Crippen molar-refractivity contribution in [1.29, 1.82) is 0 Å². The van der Waals surface area contributed by atoms with Gasteiger partial charge in [0.15, 0.2) is 9.84 Å². The van der Waals surface area contributed by atoms with Crippen LogP contribution in [0.4, 0.5) is 0 Å². The number of rotatable bonds is 4. The number of para-hydroxylation sites is 1. The first kappa shape index (κ1) is 17.8. The minimum absolute atomic E-state index is 0.0478. The molecule has 2 aromatic carbocycles. The van der Waals surface area contributed by atoms with Crippen molar-refractivity contribution in [1.82, 2.24) is 9.88 Å². The van der Waals surface area contributed by atoms with Crippen LogP contribution in [0.25, 0.3) is 10.2 Å². The summed E-state index contributed by atoms with van der Waals surface area (Å²) in [7, 11) is -1.85. The maximum absolute atomic E-state index is 12.6. The summed E-state index contributed by atoms with van der Waals surface area (Å²) >= 11 is 7.45. The Balaban J connectivity index is 1.85. The van der Waals surface area contributed by atoms with Gasteiger partial charge in [0.2, 0.25) is 0 Å². The Kier molecular flexibility index (Phi) is 4.81. The average molecular weight is 395 g/mol. The number of sulfone groups is 1. The molecule has 0 radical (unpaired) electrons. The van der Waals surface area contributed by atoms with Crippen LogP contribution in [0.5, 0.6) is 0 Å². The number of aromatic nitrogens is 1. The number of fused-ring (bicyclic) bond motifs is 1. The zero-order valence-electron chi connectivity index (χ0n) is 13.6. The number of nitrogens with zero attached hydrogens (tertiary/aromatic N) is 2. The first-order valence-electron chi connectivity index (χ1n) is 7.35. The minimum Gasteiger partial charge on any atom is -0.335 e. The maximum atomic E-state index is 12.6. The third-order valence-electron chi connectivity index (χ3n) is 3.63. The summed E-state index contributed by atoms with van der Waals surface area (Å²) in [5.41, 5.74) is 1.17. The van der Waals surface area contributed by atoms with Crippen molar-refractivity contribution in [3.05, 3.63) is 58.1 Å². The van der Waals surface area contributed by atoms with E-state index in [-0.39, 0.29) is 21.4 Å². The highest BCUT2D eigenvalue weighted by molar-refractivity contribution is 7.90. The van der Waals surface area contributed by atoms with Gasteiger partial charge in [-0.2, -0.15) is 0 Å². The van der Waals surface area contributed by atoms with Crippen molar-refractivity contribution in [2.45, 2.75) is 11.4 Å². The molecule has 0 fully saturated rings. The molecule has 8 heteroatoms. The van der Waals surface area contributed by atoms with E-state index in [1.165, 1.54) is 34.4 Å². The number of hydrogen-bond acceptors (Lipinski definition) is 5. The zero-order valence-corrected chi connectivity index (χ0v) is 16.0. The highest BCUT2D eigenvalue weighted by Gasteiger charge is 2.19. The molecule has 0 spiro atoms. The van der Waals surface area contributed by atoms with Gasteiger partial charge in [-0.3, -0.25) is 4.79 Å². The first-order chi connectivity index (χ1) is 11.8. The molecule has 0 aliphatic carbocycles. The average Bonchev–Trinajstić information content (AvgIpc) is 2.95. The second kappa shape index (κ2) is 6.74. The Hall–Kier alpha value is -1.96. The third kappa shape index (κ3) is 3.84. The van der Waals surface area contributed by atoms with Gasteiger partial charge in [0.25, 0.3) is 5.91 Å². The van der Waals surface area contributed by atoms with E-state index in [4.69, 9.17) is 11.6 Å². The van der Waals surface area contributed by atoms with Crippen molar-refractivity contribution in [2.75, 3.05) is 13.3 Å². The number of carbonyl (C=O) groups is 1. The van der Waals surface area contributed by atoms with E-state index in [0.29, 0.717) is 6.54 Å². The molecular formula is C17H15ClN2O3S2. The van der Waals surface area contributed by atoms with Crippen LogP contribution in [0.2, 0.25) is 5.02 Å². The van der Waals surface area contributed by atoms with E-state index in [0.717, 1.165) is 21.5 Å². The van der Waals surface area contributed by atoms with Gasteiger partial charge in [-0.25, -0.2) is 13.4 Å². The Morgan fingerprint density at radius 1 is 1.24 bits per heavy atom. The van der Waals surface area contributed by atoms with Crippen LogP contribution in [-0.2, 0) is 16.4 Å². The molecule has 0 saturated carbocycles. The fraction of sp³-hybridized carbons (Fsp3) is 0.176. The molecule has 5 nitrogen and oxygen atoms in total. The summed E-state index contributed by atoms with van der Waals surface area (Å²) in [6.45, 7) is 0.342. The van der Waals surface area contributed by atoms with Crippen LogP contribution in [0.3, 0.4) is 0 Å². The summed E-state index contributed by atoms with van der Waals surface area (Å²) in [6.07, 6.45) is 1.06. The molecule has 3 rings (SSSR count). The van der Waals surface area contributed by atoms with Gasteiger partial charge < -0.3 is 4.90 Å². The lowest BCUT2D eigenvalue weighted by atomic mass is 10.2. The van der Waals surface area contributed by atoms with Gasteiger partial charge in [0.1, 0.15) is 5.01 Å². The highest BCUT2D eigenvalue weighted by atomic mass is 35.5. The summed E-state index contributed by atoms with van der Waals surface area (Å²) in [4.78, 5) is 18.6. The molecule has 0 atom stereocenters. The van der Waals surface area contributed by atoms with Crippen molar-refractivity contribution in [2.24, 2.45) is 0 Å². The van der Waals surface area contributed by atoms with Crippen molar-refractivity contribution in [3.8, 4) is 0 Å². The Morgan fingerprint density at radius 2 is 1.96 bits per heavy atom. The lowest BCUT2D eigenvalue weighted by molar-refractivity contribution is 0.0785. The van der Waals surface area contributed by atoms with Gasteiger partial charge in [-0.05, 0) is 30.3 Å². The highest BCUT2D eigenvalue weighted by Crippen LogP contribution is 2.25. The fourth-order valence-electron chi connectivity index (χ4n) is 2.40. The number of hydrogen-bond donors (Lipinski definition) is 0. The van der Waals surface area contributed by atoms with Crippen LogP contribution in [0, 0.1) is 0 Å². The molecule has 0 aliphatic rings. The van der Waals surface area contributed by atoms with Crippen molar-refractivity contribution >= 4 is 48.9 Å². The lowest BCUT2D eigenvalue weighted by Gasteiger charge is -2.16. The summed E-state index contributed by atoms with van der Waals surface area (Å²) < 4.78 is 24.6. The topological polar surface area (TPSA) is 67.3 Å². The second-order valence-corrected chi connectivity index (χ2v) is 9.16. The number of halogens is 1. The smallest absolute Gasteiger partial charge is 0.254 e. The number of benzene rings is 2. The van der Waals surface area contributed by atoms with Crippen LogP contribution in [0.1, 0.15) is 15.4 Å². The first-order valence-corrected chi connectivity index (χ1v) is 10.4. The van der Waals surface area contributed by atoms with Crippen LogP contribution >= 0.6 is 22.9 Å². The van der Waals surface area contributed by atoms with Gasteiger partial charge in [-0.1, -0.05) is 23.7 Å². The SMILES string of the molecule is CN(Cc1nc2ccccc2s1)C(=O)c1ccc(Cl)c(S(C)(=O)=O)c1. The number of amides is 1. The lowest BCUT2D eigenvalue weighted by Crippen LogP contribution is -2.26. The number of carbonyl (C=O) groups excluding carboxylic acids is 1. The molecule has 3 aromatic rings. The summed E-state index contributed by atoms with van der Waals surface area (Å²) in [5, 5.41) is 0.919. The van der Waals surface area contributed by atoms with E-state index in [1.54, 1.807) is 7.05 Å². The van der Waals surface area contributed by atoms with E-state index in [9.17, 15) is 13.2 Å². The quantitative estimate of drug-likeness (QED) is 0.677. The van der Waals surface area contributed by atoms with Gasteiger partial charge in [-0.15, -0.1) is 11.3 Å². The predicted molar refractivity (Wildman–Crippen MR) is 100.0 cm³/mol. The van der Waals surface area contributed by atoms with E-state index in [1.807, 2.05) is 24.3 Å². The normalized spacial score (nSPS) is 11.6. The molecule has 0 unspecified atom stereocenters. The molecule has 0 aliphatic heterocycles. The number of thiazole rings is 1. The van der Waals surface area contributed by atoms with Crippen LogP contribution < -0.4 is 0 Å². The molecule has 0 N–H and O–H groups in total. The molecule has 25 heavy (non-hydrogen) atoms.